The molecule has 0 aliphatic heterocycles. The van der Waals surface area contributed by atoms with Crippen molar-refractivity contribution in [2.24, 2.45) is 5.41 Å². The summed E-state index contributed by atoms with van der Waals surface area (Å²) in [7, 11) is 3.26. The lowest BCUT2D eigenvalue weighted by molar-refractivity contribution is 0.0704. The second kappa shape index (κ2) is 8.70. The number of aliphatic hydroxyl groups excluding tert-OH is 2. The van der Waals surface area contributed by atoms with Crippen molar-refractivity contribution < 1.29 is 19.7 Å². The van der Waals surface area contributed by atoms with Crippen LogP contribution >= 0.6 is 0 Å². The van der Waals surface area contributed by atoms with Gasteiger partial charge in [-0.15, -0.1) is 0 Å². The molecule has 0 aliphatic carbocycles. The predicted molar refractivity (Wildman–Crippen MR) is 101 cm³/mol. The summed E-state index contributed by atoms with van der Waals surface area (Å²) in [5.41, 5.74) is 2.66. The normalized spacial score (nSPS) is 11.7. The Balaban J connectivity index is 2.12. The van der Waals surface area contributed by atoms with Crippen LogP contribution in [0.5, 0.6) is 11.5 Å². The summed E-state index contributed by atoms with van der Waals surface area (Å²) >= 11 is 0. The third kappa shape index (κ3) is 5.34. The molecule has 2 aromatic rings. The second-order valence-corrected chi connectivity index (χ2v) is 6.52. The average molecular weight is 342 g/mol. The zero-order chi connectivity index (χ0) is 18.3. The highest BCUT2D eigenvalue weighted by Crippen LogP contribution is 2.24. The molecule has 25 heavy (non-hydrogen) atoms. The van der Waals surface area contributed by atoms with Crippen molar-refractivity contribution >= 4 is 12.2 Å². The number of hydrogen-bond acceptors (Lipinski definition) is 4. The van der Waals surface area contributed by atoms with Gasteiger partial charge in [-0.3, -0.25) is 0 Å². The van der Waals surface area contributed by atoms with E-state index >= 15 is 0 Å². The van der Waals surface area contributed by atoms with Crippen molar-refractivity contribution in [3.63, 3.8) is 0 Å². The molecule has 4 heteroatoms. The molecule has 0 spiro atoms. The molecule has 0 amide bonds. The summed E-state index contributed by atoms with van der Waals surface area (Å²) < 4.78 is 10.6. The largest absolute Gasteiger partial charge is 0.497 e. The fraction of sp³-hybridized carbons (Fsp3) is 0.333. The molecule has 0 fully saturated rings. The first-order valence-electron chi connectivity index (χ1n) is 8.24. The third-order valence-corrected chi connectivity index (χ3v) is 4.22. The fourth-order valence-electron chi connectivity index (χ4n) is 2.52. The molecule has 0 unspecified atom stereocenters. The predicted octanol–water partition coefficient (Wildman–Crippen LogP) is 3.41. The zero-order valence-electron chi connectivity index (χ0n) is 15.0. The van der Waals surface area contributed by atoms with Crippen LogP contribution in [0.2, 0.25) is 0 Å². The van der Waals surface area contributed by atoms with E-state index in [1.807, 2.05) is 61.5 Å². The van der Waals surface area contributed by atoms with Crippen LogP contribution in [0.15, 0.2) is 42.5 Å². The van der Waals surface area contributed by atoms with E-state index in [0.717, 1.165) is 28.2 Å². The summed E-state index contributed by atoms with van der Waals surface area (Å²) in [6.07, 6.45) is 4.66. The molecule has 0 heterocycles. The topological polar surface area (TPSA) is 58.9 Å². The molecule has 0 saturated carbocycles. The molecule has 0 atom stereocenters. The first-order chi connectivity index (χ1) is 12.0. The molecule has 0 saturated heterocycles. The minimum atomic E-state index is -0.492. The van der Waals surface area contributed by atoms with Crippen LogP contribution in [0.3, 0.4) is 0 Å². The third-order valence-electron chi connectivity index (χ3n) is 4.22. The number of hydrogen-bond donors (Lipinski definition) is 2. The van der Waals surface area contributed by atoms with Gasteiger partial charge < -0.3 is 19.7 Å². The van der Waals surface area contributed by atoms with Gasteiger partial charge in [-0.25, -0.2) is 0 Å². The van der Waals surface area contributed by atoms with Crippen LogP contribution in [0.4, 0.5) is 0 Å². The first-order valence-corrected chi connectivity index (χ1v) is 8.24. The van der Waals surface area contributed by atoms with Gasteiger partial charge in [0.05, 0.1) is 27.4 Å². The summed E-state index contributed by atoms with van der Waals surface area (Å²) in [4.78, 5) is 0. The fourth-order valence-corrected chi connectivity index (χ4v) is 2.52. The van der Waals surface area contributed by atoms with Gasteiger partial charge in [0.2, 0.25) is 0 Å². The SMILES string of the molecule is COc1cc(C=Cc2ccc(CC(C)(CO)CO)cc2)cc(OC)c1. The van der Waals surface area contributed by atoms with Gasteiger partial charge in [0.1, 0.15) is 11.5 Å². The maximum absolute atomic E-state index is 9.41. The van der Waals surface area contributed by atoms with E-state index in [1.54, 1.807) is 14.2 Å². The average Bonchev–Trinajstić information content (AvgIpc) is 2.67. The highest BCUT2D eigenvalue weighted by atomic mass is 16.5. The lowest BCUT2D eigenvalue weighted by Crippen LogP contribution is -2.28. The summed E-state index contributed by atoms with van der Waals surface area (Å²) in [6.45, 7) is 1.79. The van der Waals surface area contributed by atoms with Crippen molar-refractivity contribution in [3.05, 3.63) is 59.2 Å². The first kappa shape index (κ1) is 19.0. The number of benzene rings is 2. The molecule has 0 aliphatic rings. The Hall–Kier alpha value is -2.30. The molecule has 2 aromatic carbocycles. The molecule has 134 valence electrons. The summed E-state index contributed by atoms with van der Waals surface area (Å²) in [5, 5.41) is 18.8. The van der Waals surface area contributed by atoms with Crippen molar-refractivity contribution in [1.29, 1.82) is 0 Å². The molecule has 2 rings (SSSR count). The maximum Gasteiger partial charge on any atom is 0.123 e. The number of rotatable bonds is 8. The van der Waals surface area contributed by atoms with Gasteiger partial charge in [-0.2, -0.15) is 0 Å². The Morgan fingerprint density at radius 1 is 0.840 bits per heavy atom. The highest BCUT2D eigenvalue weighted by molar-refractivity contribution is 5.71. The van der Waals surface area contributed by atoms with Crippen molar-refractivity contribution in [2.45, 2.75) is 13.3 Å². The number of ether oxygens (including phenoxy) is 2. The van der Waals surface area contributed by atoms with Crippen molar-refractivity contribution in [1.82, 2.24) is 0 Å². The molecular formula is C21H26O4. The molecule has 0 aromatic heterocycles. The summed E-state index contributed by atoms with van der Waals surface area (Å²) in [5.74, 6) is 1.50. The number of aliphatic hydroxyl groups is 2. The quantitative estimate of drug-likeness (QED) is 0.722. The van der Waals surface area contributed by atoms with Gasteiger partial charge in [0.15, 0.2) is 0 Å². The van der Waals surface area contributed by atoms with Gasteiger partial charge in [-0.1, -0.05) is 43.3 Å². The Morgan fingerprint density at radius 3 is 1.84 bits per heavy atom. The maximum atomic E-state index is 9.41. The molecule has 0 bridgehead atoms. The zero-order valence-corrected chi connectivity index (χ0v) is 15.0. The van der Waals surface area contributed by atoms with E-state index in [1.165, 1.54) is 0 Å². The lowest BCUT2D eigenvalue weighted by Gasteiger charge is -2.24. The molecule has 0 radical (unpaired) electrons. The van der Waals surface area contributed by atoms with Crippen molar-refractivity contribution in [2.75, 3.05) is 27.4 Å². The Morgan fingerprint density at radius 2 is 1.36 bits per heavy atom. The van der Waals surface area contributed by atoms with Gasteiger partial charge in [0.25, 0.3) is 0 Å². The molecule has 4 nitrogen and oxygen atoms in total. The minimum absolute atomic E-state index is 0.0389. The van der Waals surface area contributed by atoms with E-state index in [0.29, 0.717) is 6.42 Å². The van der Waals surface area contributed by atoms with E-state index in [9.17, 15) is 10.2 Å². The minimum Gasteiger partial charge on any atom is -0.497 e. The molecular weight excluding hydrogens is 316 g/mol. The summed E-state index contributed by atoms with van der Waals surface area (Å²) in [6, 6.07) is 13.8. The van der Waals surface area contributed by atoms with Crippen LogP contribution in [0.25, 0.3) is 12.2 Å². The van der Waals surface area contributed by atoms with Crippen molar-refractivity contribution in [3.8, 4) is 11.5 Å². The van der Waals surface area contributed by atoms with Crippen LogP contribution in [0.1, 0.15) is 23.6 Å². The Kier molecular flexibility index (Phi) is 6.62. The van der Waals surface area contributed by atoms with Gasteiger partial charge in [-0.05, 0) is 35.2 Å². The van der Waals surface area contributed by atoms with E-state index in [4.69, 9.17) is 9.47 Å². The monoisotopic (exact) mass is 342 g/mol. The van der Waals surface area contributed by atoms with E-state index in [2.05, 4.69) is 0 Å². The van der Waals surface area contributed by atoms with Crippen LogP contribution in [-0.2, 0) is 6.42 Å². The number of methoxy groups -OCH3 is 2. The van der Waals surface area contributed by atoms with E-state index in [-0.39, 0.29) is 13.2 Å². The Labute approximate surface area is 149 Å². The van der Waals surface area contributed by atoms with Crippen LogP contribution in [-0.4, -0.2) is 37.6 Å². The Bertz CT molecular complexity index is 678. The van der Waals surface area contributed by atoms with Gasteiger partial charge in [0, 0.05) is 11.5 Å². The molecule has 2 N–H and O–H groups in total. The van der Waals surface area contributed by atoms with E-state index < -0.39 is 5.41 Å². The smallest absolute Gasteiger partial charge is 0.123 e. The highest BCUT2D eigenvalue weighted by Gasteiger charge is 2.22. The van der Waals surface area contributed by atoms with Crippen LogP contribution < -0.4 is 9.47 Å². The van der Waals surface area contributed by atoms with Gasteiger partial charge >= 0.3 is 0 Å². The lowest BCUT2D eigenvalue weighted by atomic mass is 9.85. The standard InChI is InChI=1S/C21H26O4/c1-21(14-22,15-23)13-17-7-4-16(5-8-17)6-9-18-10-19(24-2)12-20(11-18)25-3/h4-12,22-23H,13-15H2,1-3H3. The van der Waals surface area contributed by atoms with Crippen LogP contribution in [0, 0.1) is 5.41 Å². The second-order valence-electron chi connectivity index (χ2n) is 6.52.